The van der Waals surface area contributed by atoms with Gasteiger partial charge in [0.25, 0.3) is 0 Å². The van der Waals surface area contributed by atoms with Crippen LogP contribution in [0.4, 0.5) is 0 Å². The highest BCUT2D eigenvalue weighted by atomic mass is 79.9. The molecule has 0 aromatic carbocycles. The molecule has 1 aliphatic heterocycles. The van der Waals surface area contributed by atoms with Gasteiger partial charge in [0.05, 0.1) is 0 Å². The van der Waals surface area contributed by atoms with Crippen molar-refractivity contribution in [3.05, 3.63) is 10.8 Å². The van der Waals surface area contributed by atoms with Gasteiger partial charge in [0.2, 0.25) is 0 Å². The average molecular weight is 235 g/mol. The summed E-state index contributed by atoms with van der Waals surface area (Å²) in [6.07, 6.45) is 0.164. The lowest BCUT2D eigenvalue weighted by Crippen LogP contribution is -2.29. The zero-order chi connectivity index (χ0) is 7.68. The van der Waals surface area contributed by atoms with Gasteiger partial charge < -0.3 is 9.47 Å². The molecular weight excluding hydrogens is 228 g/mol. The Morgan fingerprint density at radius 1 is 1.55 bits per heavy atom. The van der Waals surface area contributed by atoms with Crippen LogP contribution in [0.5, 0.6) is 11.5 Å². The molecule has 11 heavy (non-hydrogen) atoms. The molecule has 0 spiro atoms. The summed E-state index contributed by atoms with van der Waals surface area (Å²) in [6.45, 7) is 0.648. The van der Waals surface area contributed by atoms with Gasteiger partial charge >= 0.3 is 0 Å². The summed E-state index contributed by atoms with van der Waals surface area (Å²) in [6, 6.07) is 0. The Bertz CT molecular complexity index is 248. The Balaban J connectivity index is 2.18. The maximum Gasteiger partial charge on any atom is 0.172 e. The van der Waals surface area contributed by atoms with Gasteiger partial charge in [-0.25, -0.2) is 0 Å². The fraction of sp³-hybridized carbons (Fsp3) is 0.429. The van der Waals surface area contributed by atoms with Crippen molar-refractivity contribution in [1.29, 1.82) is 0 Å². The van der Waals surface area contributed by atoms with Crippen LogP contribution in [-0.4, -0.2) is 18.0 Å². The quantitative estimate of drug-likeness (QED) is 0.695. The minimum Gasteiger partial charge on any atom is -0.485 e. The van der Waals surface area contributed by atoms with Gasteiger partial charge in [0.1, 0.15) is 12.7 Å². The number of ether oxygens (including phenoxy) is 2. The van der Waals surface area contributed by atoms with Crippen molar-refractivity contribution in [2.45, 2.75) is 6.10 Å². The molecule has 0 N–H and O–H groups in total. The van der Waals surface area contributed by atoms with Gasteiger partial charge in [-0.05, 0) is 0 Å². The summed E-state index contributed by atoms with van der Waals surface area (Å²) in [7, 11) is 0. The van der Waals surface area contributed by atoms with E-state index in [1.54, 1.807) is 11.3 Å². The summed E-state index contributed by atoms with van der Waals surface area (Å²) in [4.78, 5) is 0. The van der Waals surface area contributed by atoms with Crippen LogP contribution in [-0.2, 0) is 0 Å². The summed E-state index contributed by atoms with van der Waals surface area (Å²) in [5.74, 6) is 1.76. The van der Waals surface area contributed by atoms with Crippen molar-refractivity contribution >= 4 is 27.3 Å². The second-order valence-electron chi connectivity index (χ2n) is 2.31. The topological polar surface area (TPSA) is 18.5 Å². The van der Waals surface area contributed by atoms with Crippen LogP contribution in [0.1, 0.15) is 0 Å². The Morgan fingerprint density at radius 2 is 2.36 bits per heavy atom. The molecule has 0 fully saturated rings. The SMILES string of the molecule is BrCC1COc2cscc2O1. The van der Waals surface area contributed by atoms with Crippen LogP contribution in [0.2, 0.25) is 0 Å². The summed E-state index contributed by atoms with van der Waals surface area (Å²) in [5, 5.41) is 4.74. The van der Waals surface area contributed by atoms with Crippen molar-refractivity contribution in [3.8, 4) is 11.5 Å². The molecule has 0 amide bonds. The molecule has 2 heterocycles. The monoisotopic (exact) mass is 234 g/mol. The van der Waals surface area contributed by atoms with E-state index in [-0.39, 0.29) is 6.10 Å². The van der Waals surface area contributed by atoms with Crippen molar-refractivity contribution in [3.63, 3.8) is 0 Å². The second kappa shape index (κ2) is 3.03. The lowest BCUT2D eigenvalue weighted by Gasteiger charge is -2.22. The smallest absolute Gasteiger partial charge is 0.172 e. The van der Waals surface area contributed by atoms with E-state index < -0.39 is 0 Å². The zero-order valence-electron chi connectivity index (χ0n) is 5.75. The predicted molar refractivity (Wildman–Crippen MR) is 48.0 cm³/mol. The molecule has 1 aromatic heterocycles. The van der Waals surface area contributed by atoms with E-state index >= 15 is 0 Å². The van der Waals surface area contributed by atoms with Crippen LogP contribution in [0.15, 0.2) is 10.8 Å². The number of fused-ring (bicyclic) bond motifs is 1. The molecule has 4 heteroatoms. The molecular formula is C7H7BrO2S. The number of thiophene rings is 1. The summed E-state index contributed by atoms with van der Waals surface area (Å²) >= 11 is 4.95. The van der Waals surface area contributed by atoms with Gasteiger partial charge in [-0.2, -0.15) is 0 Å². The minimum atomic E-state index is 0.164. The molecule has 0 bridgehead atoms. The van der Waals surface area contributed by atoms with Crippen LogP contribution >= 0.6 is 27.3 Å². The first-order valence-corrected chi connectivity index (χ1v) is 5.38. The van der Waals surface area contributed by atoms with Gasteiger partial charge in [0.15, 0.2) is 11.5 Å². The van der Waals surface area contributed by atoms with Crippen molar-refractivity contribution in [2.24, 2.45) is 0 Å². The normalized spacial score (nSPS) is 21.7. The molecule has 60 valence electrons. The van der Waals surface area contributed by atoms with Crippen molar-refractivity contribution in [1.82, 2.24) is 0 Å². The first kappa shape index (κ1) is 7.43. The van der Waals surface area contributed by atoms with Crippen molar-refractivity contribution in [2.75, 3.05) is 11.9 Å². The highest BCUT2D eigenvalue weighted by molar-refractivity contribution is 9.09. The van der Waals surface area contributed by atoms with Crippen molar-refractivity contribution < 1.29 is 9.47 Å². The fourth-order valence-corrected chi connectivity index (χ4v) is 1.93. The summed E-state index contributed by atoms with van der Waals surface area (Å²) < 4.78 is 11.0. The molecule has 0 saturated carbocycles. The lowest BCUT2D eigenvalue weighted by atomic mass is 10.4. The average Bonchev–Trinajstić information content (AvgIpc) is 2.50. The van der Waals surface area contributed by atoms with Crippen LogP contribution in [0, 0.1) is 0 Å². The molecule has 2 nitrogen and oxygen atoms in total. The molecule has 1 aromatic rings. The maximum atomic E-state index is 5.56. The molecule has 1 aliphatic rings. The molecule has 2 rings (SSSR count). The zero-order valence-corrected chi connectivity index (χ0v) is 8.15. The van der Waals surface area contributed by atoms with Crippen LogP contribution in [0.3, 0.4) is 0 Å². The van der Waals surface area contributed by atoms with E-state index in [4.69, 9.17) is 9.47 Å². The van der Waals surface area contributed by atoms with E-state index in [0.717, 1.165) is 16.8 Å². The third-order valence-corrected chi connectivity index (χ3v) is 2.91. The predicted octanol–water partition coefficient (Wildman–Crippen LogP) is 2.28. The second-order valence-corrected chi connectivity index (χ2v) is 3.70. The highest BCUT2D eigenvalue weighted by Gasteiger charge is 2.19. The standard InChI is InChI=1S/C7H7BrO2S/c8-1-5-2-9-6-3-11-4-7(6)10-5/h3-5H,1-2H2. The van der Waals surface area contributed by atoms with E-state index in [2.05, 4.69) is 15.9 Å². The van der Waals surface area contributed by atoms with Gasteiger partial charge in [0, 0.05) is 16.1 Å². The van der Waals surface area contributed by atoms with E-state index in [1.165, 1.54) is 0 Å². The van der Waals surface area contributed by atoms with E-state index in [0.29, 0.717) is 6.61 Å². The largest absolute Gasteiger partial charge is 0.485 e. The van der Waals surface area contributed by atoms with Gasteiger partial charge in [-0.1, -0.05) is 15.9 Å². The molecule has 0 saturated heterocycles. The Hall–Kier alpha value is -0.220. The first-order valence-electron chi connectivity index (χ1n) is 3.32. The minimum absolute atomic E-state index is 0.164. The number of rotatable bonds is 1. The number of hydrogen-bond acceptors (Lipinski definition) is 3. The molecule has 0 aliphatic carbocycles. The first-order chi connectivity index (χ1) is 5.40. The lowest BCUT2D eigenvalue weighted by molar-refractivity contribution is 0.110. The van der Waals surface area contributed by atoms with Crippen LogP contribution in [0.25, 0.3) is 0 Å². The number of alkyl halides is 1. The Morgan fingerprint density at radius 3 is 3.18 bits per heavy atom. The fourth-order valence-electron chi connectivity index (χ4n) is 0.937. The Labute approximate surface area is 77.3 Å². The number of hydrogen-bond donors (Lipinski definition) is 0. The molecule has 0 radical (unpaired) electrons. The van der Waals surface area contributed by atoms with Crippen LogP contribution < -0.4 is 9.47 Å². The third-order valence-electron chi connectivity index (χ3n) is 1.48. The van der Waals surface area contributed by atoms with E-state index in [1.807, 2.05) is 10.8 Å². The van der Waals surface area contributed by atoms with E-state index in [9.17, 15) is 0 Å². The third kappa shape index (κ3) is 1.37. The highest BCUT2D eigenvalue weighted by Crippen LogP contribution is 2.35. The number of halogens is 1. The van der Waals surface area contributed by atoms with Gasteiger partial charge in [-0.3, -0.25) is 0 Å². The molecule has 1 unspecified atom stereocenters. The maximum absolute atomic E-state index is 5.56. The summed E-state index contributed by atoms with van der Waals surface area (Å²) in [5.41, 5.74) is 0. The Kier molecular flexibility index (Phi) is 2.05. The van der Waals surface area contributed by atoms with Gasteiger partial charge in [-0.15, -0.1) is 11.3 Å². The molecule has 1 atom stereocenters.